The molecule has 0 radical (unpaired) electrons. The van der Waals surface area contributed by atoms with Crippen LogP contribution >= 0.6 is 0 Å². The van der Waals surface area contributed by atoms with Crippen LogP contribution in [0.25, 0.3) is 10.9 Å². The van der Waals surface area contributed by atoms with Gasteiger partial charge in [0.25, 0.3) is 0 Å². The van der Waals surface area contributed by atoms with Crippen molar-refractivity contribution in [2.24, 2.45) is 7.05 Å². The number of ketones is 1. The number of aryl methyl sites for hydroxylation is 1. The molecular weight excluding hydrogens is 236 g/mol. The van der Waals surface area contributed by atoms with E-state index in [9.17, 15) is 4.79 Å². The van der Waals surface area contributed by atoms with Crippen LogP contribution in [0.5, 0.6) is 0 Å². The lowest BCUT2D eigenvalue weighted by molar-refractivity contribution is 0.0928. The molecule has 0 spiro atoms. The van der Waals surface area contributed by atoms with Gasteiger partial charge in [-0.25, -0.2) is 0 Å². The van der Waals surface area contributed by atoms with Crippen LogP contribution in [-0.4, -0.2) is 22.9 Å². The number of nitrogens with zero attached hydrogens (tertiary/aromatic N) is 1. The average Bonchev–Trinajstić information content (AvgIpc) is 2.72. The normalized spacial score (nSPS) is 19.8. The van der Waals surface area contributed by atoms with Gasteiger partial charge in [-0.3, -0.25) is 4.79 Å². The molecule has 0 aliphatic carbocycles. The maximum absolute atomic E-state index is 12.8. The Bertz CT molecular complexity index is 621. The molecule has 0 bridgehead atoms. The highest BCUT2D eigenvalue weighted by molar-refractivity contribution is 6.11. The summed E-state index contributed by atoms with van der Waals surface area (Å²) in [6, 6.07) is 8.16. The van der Waals surface area contributed by atoms with Crippen molar-refractivity contribution in [1.29, 1.82) is 0 Å². The van der Waals surface area contributed by atoms with E-state index in [2.05, 4.69) is 22.0 Å². The molecule has 0 saturated carbocycles. The van der Waals surface area contributed by atoms with Gasteiger partial charge in [-0.1, -0.05) is 24.6 Å². The number of hydrogen-bond donors (Lipinski definition) is 1. The van der Waals surface area contributed by atoms with E-state index in [-0.39, 0.29) is 11.8 Å². The number of para-hydroxylation sites is 1. The molecule has 19 heavy (non-hydrogen) atoms. The standard InChI is InChI=1S/C16H20N2O/c1-11-15(16(19)13-8-5-6-10-17-13)12-7-3-4-9-14(12)18(11)2/h3-4,7,9,13,17H,5-6,8,10H2,1-2H3. The quantitative estimate of drug-likeness (QED) is 0.838. The fourth-order valence-electron chi connectivity index (χ4n) is 3.08. The van der Waals surface area contributed by atoms with Crippen LogP contribution in [0.15, 0.2) is 24.3 Å². The van der Waals surface area contributed by atoms with Crippen LogP contribution in [0.1, 0.15) is 35.3 Å². The van der Waals surface area contributed by atoms with Crippen LogP contribution in [0, 0.1) is 6.92 Å². The molecule has 100 valence electrons. The van der Waals surface area contributed by atoms with Gasteiger partial charge in [0.05, 0.1) is 6.04 Å². The van der Waals surface area contributed by atoms with Crippen LogP contribution in [0.4, 0.5) is 0 Å². The molecule has 1 aromatic heterocycles. The van der Waals surface area contributed by atoms with Crippen molar-refractivity contribution < 1.29 is 4.79 Å². The minimum atomic E-state index is -0.00161. The highest BCUT2D eigenvalue weighted by Gasteiger charge is 2.26. The number of rotatable bonds is 2. The van der Waals surface area contributed by atoms with Crippen molar-refractivity contribution in [3.8, 4) is 0 Å². The Hall–Kier alpha value is -1.61. The second-order valence-corrected chi connectivity index (χ2v) is 5.40. The summed E-state index contributed by atoms with van der Waals surface area (Å²) in [6.45, 7) is 3.00. The number of piperidine rings is 1. The van der Waals surface area contributed by atoms with Crippen LogP contribution in [0.2, 0.25) is 0 Å². The van der Waals surface area contributed by atoms with Crippen molar-refractivity contribution in [2.45, 2.75) is 32.2 Å². The molecule has 3 heteroatoms. The summed E-state index contributed by atoms with van der Waals surface area (Å²) in [6.07, 6.45) is 3.28. The summed E-state index contributed by atoms with van der Waals surface area (Å²) in [7, 11) is 2.03. The zero-order valence-corrected chi connectivity index (χ0v) is 11.6. The summed E-state index contributed by atoms with van der Waals surface area (Å²) < 4.78 is 2.12. The highest BCUT2D eigenvalue weighted by atomic mass is 16.1. The maximum atomic E-state index is 12.8. The third kappa shape index (κ3) is 1.98. The first-order chi connectivity index (χ1) is 9.20. The van der Waals surface area contributed by atoms with Gasteiger partial charge in [0.2, 0.25) is 0 Å². The largest absolute Gasteiger partial charge is 0.347 e. The van der Waals surface area contributed by atoms with Gasteiger partial charge in [-0.2, -0.15) is 0 Å². The fraction of sp³-hybridized carbons (Fsp3) is 0.438. The number of Topliss-reactive ketones (excluding diaryl/α,β-unsaturated/α-hetero) is 1. The summed E-state index contributed by atoms with van der Waals surface area (Å²) >= 11 is 0. The SMILES string of the molecule is Cc1c(C(=O)C2CCCCN2)c2ccccc2n1C. The number of nitrogens with one attached hydrogen (secondary N) is 1. The van der Waals surface area contributed by atoms with Crippen molar-refractivity contribution >= 4 is 16.7 Å². The molecule has 1 aromatic carbocycles. The van der Waals surface area contributed by atoms with Crippen molar-refractivity contribution in [2.75, 3.05) is 6.54 Å². The molecule has 2 heterocycles. The van der Waals surface area contributed by atoms with E-state index in [0.29, 0.717) is 0 Å². The molecule has 1 atom stereocenters. The third-order valence-corrected chi connectivity index (χ3v) is 4.27. The second kappa shape index (κ2) is 4.82. The minimum Gasteiger partial charge on any atom is -0.347 e. The molecule has 1 fully saturated rings. The Morgan fingerprint density at radius 3 is 2.84 bits per heavy atom. The summed E-state index contributed by atoms with van der Waals surface area (Å²) in [5, 5.41) is 4.44. The molecule has 0 amide bonds. The molecule has 3 nitrogen and oxygen atoms in total. The Kier molecular flexibility index (Phi) is 3.15. The molecule has 1 aliphatic rings. The lowest BCUT2D eigenvalue weighted by Gasteiger charge is -2.22. The van der Waals surface area contributed by atoms with E-state index in [1.807, 2.05) is 26.1 Å². The van der Waals surface area contributed by atoms with Gasteiger partial charge < -0.3 is 9.88 Å². The van der Waals surface area contributed by atoms with Crippen molar-refractivity contribution in [1.82, 2.24) is 9.88 Å². The van der Waals surface area contributed by atoms with Gasteiger partial charge >= 0.3 is 0 Å². The monoisotopic (exact) mass is 256 g/mol. The Morgan fingerprint density at radius 1 is 1.32 bits per heavy atom. The molecule has 3 rings (SSSR count). The predicted molar refractivity (Wildman–Crippen MR) is 77.6 cm³/mol. The highest BCUT2D eigenvalue weighted by Crippen LogP contribution is 2.27. The molecule has 1 unspecified atom stereocenters. The van der Waals surface area contributed by atoms with Gasteiger partial charge in [0.15, 0.2) is 5.78 Å². The van der Waals surface area contributed by atoms with Crippen LogP contribution in [0.3, 0.4) is 0 Å². The third-order valence-electron chi connectivity index (χ3n) is 4.27. The second-order valence-electron chi connectivity index (χ2n) is 5.40. The number of benzene rings is 1. The number of carbonyl (C=O) groups excluding carboxylic acids is 1. The van der Waals surface area contributed by atoms with E-state index in [0.717, 1.165) is 41.5 Å². The molecule has 1 saturated heterocycles. The molecule has 2 aromatic rings. The van der Waals surface area contributed by atoms with Crippen LogP contribution < -0.4 is 5.32 Å². The van der Waals surface area contributed by atoms with Crippen LogP contribution in [-0.2, 0) is 7.05 Å². The van der Waals surface area contributed by atoms with Crippen molar-refractivity contribution in [3.63, 3.8) is 0 Å². The van der Waals surface area contributed by atoms with E-state index in [1.165, 1.54) is 6.42 Å². The van der Waals surface area contributed by atoms with Gasteiger partial charge in [0, 0.05) is 29.2 Å². The summed E-state index contributed by atoms with van der Waals surface area (Å²) in [5.41, 5.74) is 3.11. The predicted octanol–water partition coefficient (Wildman–Crippen LogP) is 2.81. The first-order valence-corrected chi connectivity index (χ1v) is 7.02. The molecular formula is C16H20N2O. The number of carbonyl (C=O) groups is 1. The van der Waals surface area contributed by atoms with Crippen molar-refractivity contribution in [3.05, 3.63) is 35.5 Å². The lowest BCUT2D eigenvalue weighted by Crippen LogP contribution is -2.40. The zero-order chi connectivity index (χ0) is 13.4. The van der Waals surface area contributed by atoms with E-state index in [4.69, 9.17) is 0 Å². The lowest BCUT2D eigenvalue weighted by atomic mass is 9.95. The summed E-state index contributed by atoms with van der Waals surface area (Å²) in [4.78, 5) is 12.8. The Balaban J connectivity index is 2.09. The first kappa shape index (κ1) is 12.4. The Labute approximate surface area is 113 Å². The molecule has 1 aliphatic heterocycles. The van der Waals surface area contributed by atoms with E-state index >= 15 is 0 Å². The topological polar surface area (TPSA) is 34.0 Å². The minimum absolute atomic E-state index is 0.00161. The maximum Gasteiger partial charge on any atom is 0.182 e. The number of fused-ring (bicyclic) bond motifs is 1. The van der Waals surface area contributed by atoms with E-state index in [1.54, 1.807) is 0 Å². The Morgan fingerprint density at radius 2 is 2.11 bits per heavy atom. The fourth-order valence-corrected chi connectivity index (χ4v) is 3.08. The summed E-state index contributed by atoms with van der Waals surface area (Å²) in [5.74, 6) is 0.258. The van der Waals surface area contributed by atoms with E-state index < -0.39 is 0 Å². The smallest absolute Gasteiger partial charge is 0.182 e. The number of hydrogen-bond acceptors (Lipinski definition) is 2. The van der Waals surface area contributed by atoms with Gasteiger partial charge in [0.1, 0.15) is 0 Å². The molecule has 1 N–H and O–H groups in total. The van der Waals surface area contributed by atoms with Gasteiger partial charge in [-0.15, -0.1) is 0 Å². The average molecular weight is 256 g/mol. The van der Waals surface area contributed by atoms with Gasteiger partial charge in [-0.05, 0) is 32.4 Å². The number of aromatic nitrogens is 1. The first-order valence-electron chi connectivity index (χ1n) is 7.02. The zero-order valence-electron chi connectivity index (χ0n) is 11.6.